The largest absolute Gasteiger partial charge is 0.496 e. The van der Waals surface area contributed by atoms with Crippen molar-refractivity contribution in [1.29, 1.82) is 0 Å². The zero-order valence-corrected chi connectivity index (χ0v) is 15.4. The molecule has 24 heavy (non-hydrogen) atoms. The Bertz CT molecular complexity index is 733. The second kappa shape index (κ2) is 8.06. The van der Waals surface area contributed by atoms with Gasteiger partial charge in [-0.05, 0) is 46.6 Å². The predicted octanol–water partition coefficient (Wildman–Crippen LogP) is 4.09. The van der Waals surface area contributed by atoms with Gasteiger partial charge in [0.15, 0.2) is 6.10 Å². The van der Waals surface area contributed by atoms with Gasteiger partial charge in [0.05, 0.1) is 29.9 Å². The van der Waals surface area contributed by atoms with Gasteiger partial charge in [-0.25, -0.2) is 0 Å². The van der Waals surface area contributed by atoms with Crippen molar-refractivity contribution in [2.24, 2.45) is 0 Å². The summed E-state index contributed by atoms with van der Waals surface area (Å²) in [5, 5.41) is 0. The summed E-state index contributed by atoms with van der Waals surface area (Å²) in [6.07, 6.45) is -0.177. The fourth-order valence-corrected chi connectivity index (χ4v) is 2.77. The lowest BCUT2D eigenvalue weighted by Gasteiger charge is -2.19. The Kier molecular flexibility index (Phi) is 6.09. The van der Waals surface area contributed by atoms with Crippen LogP contribution >= 0.6 is 15.9 Å². The molecule has 0 fully saturated rings. The molecule has 6 heteroatoms. The van der Waals surface area contributed by atoms with Crippen molar-refractivity contribution in [3.8, 4) is 17.2 Å². The molecule has 0 radical (unpaired) electrons. The number of Topliss-reactive ketones (excluding diaryl/α,β-unsaturated/α-hetero) is 1. The molecular weight excluding hydrogens is 374 g/mol. The minimum Gasteiger partial charge on any atom is -0.496 e. The lowest BCUT2D eigenvalue weighted by molar-refractivity contribution is 0.0784. The number of para-hydroxylation sites is 2. The quantitative estimate of drug-likeness (QED) is 0.566. The number of ether oxygens (including phenoxy) is 3. The third-order valence-corrected chi connectivity index (χ3v) is 4.21. The van der Waals surface area contributed by atoms with Crippen LogP contribution in [0.1, 0.15) is 23.7 Å². The van der Waals surface area contributed by atoms with Gasteiger partial charge in [0.1, 0.15) is 17.2 Å². The summed E-state index contributed by atoms with van der Waals surface area (Å²) in [5.41, 5.74) is 6.79. The van der Waals surface area contributed by atoms with E-state index in [1.165, 1.54) is 7.11 Å². The molecule has 0 saturated heterocycles. The maximum atomic E-state index is 12.9. The van der Waals surface area contributed by atoms with Crippen LogP contribution in [0.5, 0.6) is 17.2 Å². The van der Waals surface area contributed by atoms with Crippen molar-refractivity contribution in [3.05, 3.63) is 46.4 Å². The van der Waals surface area contributed by atoms with E-state index in [0.29, 0.717) is 39.4 Å². The SMILES string of the molecule is CCC(Oc1ccccc1N)C(=O)c1cc(OC)c(Br)cc1OC. The summed E-state index contributed by atoms with van der Waals surface area (Å²) in [4.78, 5) is 12.9. The monoisotopic (exact) mass is 393 g/mol. The average Bonchev–Trinajstić information content (AvgIpc) is 2.60. The lowest BCUT2D eigenvalue weighted by atomic mass is 10.0. The van der Waals surface area contributed by atoms with E-state index >= 15 is 0 Å². The van der Waals surface area contributed by atoms with Gasteiger partial charge in [0.2, 0.25) is 5.78 Å². The molecule has 1 unspecified atom stereocenters. The number of anilines is 1. The molecule has 0 aliphatic rings. The van der Waals surface area contributed by atoms with E-state index in [0.717, 1.165) is 0 Å². The Hall–Kier alpha value is -2.21. The molecule has 0 heterocycles. The summed E-state index contributed by atoms with van der Waals surface area (Å²) in [6, 6.07) is 10.4. The number of rotatable bonds is 7. The highest BCUT2D eigenvalue weighted by Gasteiger charge is 2.25. The van der Waals surface area contributed by atoms with Gasteiger partial charge in [-0.15, -0.1) is 0 Å². The van der Waals surface area contributed by atoms with Gasteiger partial charge in [0, 0.05) is 0 Å². The van der Waals surface area contributed by atoms with Crippen molar-refractivity contribution in [3.63, 3.8) is 0 Å². The van der Waals surface area contributed by atoms with Crippen LogP contribution in [0.4, 0.5) is 5.69 Å². The van der Waals surface area contributed by atoms with E-state index in [2.05, 4.69) is 15.9 Å². The molecule has 2 rings (SSSR count). The second-order valence-corrected chi connectivity index (χ2v) is 5.96. The lowest BCUT2D eigenvalue weighted by Crippen LogP contribution is -2.27. The van der Waals surface area contributed by atoms with Gasteiger partial charge >= 0.3 is 0 Å². The summed E-state index contributed by atoms with van der Waals surface area (Å²) >= 11 is 3.38. The highest BCUT2D eigenvalue weighted by molar-refractivity contribution is 9.10. The van der Waals surface area contributed by atoms with E-state index in [9.17, 15) is 4.79 Å². The van der Waals surface area contributed by atoms with Crippen LogP contribution in [0.25, 0.3) is 0 Å². The molecule has 0 bridgehead atoms. The van der Waals surface area contributed by atoms with Crippen molar-refractivity contribution in [1.82, 2.24) is 0 Å². The van der Waals surface area contributed by atoms with Crippen LogP contribution in [0.15, 0.2) is 40.9 Å². The van der Waals surface area contributed by atoms with Crippen molar-refractivity contribution >= 4 is 27.4 Å². The van der Waals surface area contributed by atoms with E-state index in [4.69, 9.17) is 19.9 Å². The number of hydrogen-bond donors (Lipinski definition) is 1. The van der Waals surface area contributed by atoms with Crippen LogP contribution in [0.2, 0.25) is 0 Å². The highest BCUT2D eigenvalue weighted by Crippen LogP contribution is 2.34. The predicted molar refractivity (Wildman–Crippen MR) is 97.1 cm³/mol. The number of carbonyl (C=O) groups excluding carboxylic acids is 1. The summed E-state index contributed by atoms with van der Waals surface area (Å²) in [6.45, 7) is 1.88. The first-order valence-corrected chi connectivity index (χ1v) is 8.28. The normalized spacial score (nSPS) is 11.7. The number of halogens is 1. The molecule has 2 aromatic carbocycles. The Balaban J connectivity index is 2.36. The van der Waals surface area contributed by atoms with Gasteiger partial charge < -0.3 is 19.9 Å². The minimum atomic E-state index is -0.672. The van der Waals surface area contributed by atoms with Crippen LogP contribution in [-0.2, 0) is 0 Å². The molecule has 2 N–H and O–H groups in total. The van der Waals surface area contributed by atoms with Gasteiger partial charge in [0.25, 0.3) is 0 Å². The fourth-order valence-electron chi connectivity index (χ4n) is 2.29. The summed E-state index contributed by atoms with van der Waals surface area (Å²) in [7, 11) is 3.06. The van der Waals surface area contributed by atoms with Crippen LogP contribution in [0, 0.1) is 0 Å². The van der Waals surface area contributed by atoms with Crippen LogP contribution in [0.3, 0.4) is 0 Å². The molecule has 0 saturated carbocycles. The topological polar surface area (TPSA) is 70.8 Å². The number of methoxy groups -OCH3 is 2. The van der Waals surface area contributed by atoms with Crippen LogP contribution in [-0.4, -0.2) is 26.1 Å². The molecule has 0 aromatic heterocycles. The molecular formula is C18H20BrNO4. The molecule has 5 nitrogen and oxygen atoms in total. The zero-order chi connectivity index (χ0) is 17.7. The molecule has 1 atom stereocenters. The van der Waals surface area contributed by atoms with Crippen molar-refractivity contribution in [2.75, 3.05) is 20.0 Å². The van der Waals surface area contributed by atoms with E-state index in [1.54, 1.807) is 31.4 Å². The number of carbonyl (C=O) groups is 1. The van der Waals surface area contributed by atoms with E-state index < -0.39 is 6.10 Å². The van der Waals surface area contributed by atoms with Crippen molar-refractivity contribution < 1.29 is 19.0 Å². The van der Waals surface area contributed by atoms with E-state index in [-0.39, 0.29) is 5.78 Å². The molecule has 0 aliphatic carbocycles. The molecule has 2 aromatic rings. The van der Waals surface area contributed by atoms with Gasteiger partial charge in [-0.1, -0.05) is 19.1 Å². The molecule has 0 aliphatic heterocycles. The Labute approximate surface area is 149 Å². The third kappa shape index (κ3) is 3.82. The van der Waals surface area contributed by atoms with Crippen molar-refractivity contribution in [2.45, 2.75) is 19.4 Å². The number of hydrogen-bond acceptors (Lipinski definition) is 5. The number of benzene rings is 2. The zero-order valence-electron chi connectivity index (χ0n) is 13.8. The first kappa shape index (κ1) is 18.1. The molecule has 128 valence electrons. The fraction of sp³-hybridized carbons (Fsp3) is 0.278. The summed E-state index contributed by atoms with van der Waals surface area (Å²) in [5.74, 6) is 1.30. The second-order valence-electron chi connectivity index (χ2n) is 5.10. The Morgan fingerprint density at radius 1 is 1.12 bits per heavy atom. The average molecular weight is 394 g/mol. The minimum absolute atomic E-state index is 0.191. The van der Waals surface area contributed by atoms with Crippen LogP contribution < -0.4 is 19.9 Å². The third-order valence-electron chi connectivity index (χ3n) is 3.59. The Morgan fingerprint density at radius 2 is 1.79 bits per heavy atom. The maximum absolute atomic E-state index is 12.9. The van der Waals surface area contributed by atoms with E-state index in [1.807, 2.05) is 19.1 Å². The Morgan fingerprint density at radius 3 is 2.38 bits per heavy atom. The molecule has 0 spiro atoms. The van der Waals surface area contributed by atoms with Gasteiger partial charge in [-0.3, -0.25) is 4.79 Å². The maximum Gasteiger partial charge on any atom is 0.207 e. The standard InChI is InChI=1S/C18H20BrNO4/c1-4-14(24-15-8-6-5-7-13(15)20)18(21)11-9-17(23-3)12(19)10-16(11)22-2/h5-10,14H,4,20H2,1-3H3. The number of ketones is 1. The summed E-state index contributed by atoms with van der Waals surface area (Å²) < 4.78 is 17.1. The number of nitrogen functional groups attached to an aromatic ring is 1. The first-order chi connectivity index (χ1) is 11.5. The molecule has 0 amide bonds. The highest BCUT2D eigenvalue weighted by atomic mass is 79.9. The smallest absolute Gasteiger partial charge is 0.207 e. The number of nitrogens with two attached hydrogens (primary N) is 1. The first-order valence-electron chi connectivity index (χ1n) is 7.48. The van der Waals surface area contributed by atoms with Gasteiger partial charge in [-0.2, -0.15) is 0 Å².